The normalized spacial score (nSPS) is 12.8. The molecule has 0 saturated carbocycles. The van der Waals surface area contributed by atoms with Crippen LogP contribution in [0.3, 0.4) is 0 Å². The molecular formula is C15H15NO4S. The number of aryl methyl sites for hydroxylation is 1. The van der Waals surface area contributed by atoms with Crippen molar-refractivity contribution in [2.75, 3.05) is 0 Å². The van der Waals surface area contributed by atoms with Crippen LogP contribution in [-0.2, 0) is 14.8 Å². The van der Waals surface area contributed by atoms with E-state index < -0.39 is 16.1 Å². The number of sulfonamides is 1. The number of hydrogen-bond donors (Lipinski definition) is 1. The molecule has 5 nitrogen and oxygen atoms in total. The van der Waals surface area contributed by atoms with Crippen molar-refractivity contribution in [3.63, 3.8) is 0 Å². The predicted molar refractivity (Wildman–Crippen MR) is 78.2 cm³/mol. The summed E-state index contributed by atoms with van der Waals surface area (Å²) in [7, 11) is -3.79. The van der Waals surface area contributed by atoms with Crippen molar-refractivity contribution in [1.29, 1.82) is 0 Å². The van der Waals surface area contributed by atoms with Gasteiger partial charge >= 0.3 is 0 Å². The molecule has 1 heterocycles. The summed E-state index contributed by atoms with van der Waals surface area (Å²) < 4.78 is 32.3. The van der Waals surface area contributed by atoms with Crippen LogP contribution in [-0.4, -0.2) is 14.7 Å². The van der Waals surface area contributed by atoms with Gasteiger partial charge in [0, 0.05) is 5.57 Å². The number of nitrogens with one attached hydrogen (secondary N) is 1. The Bertz CT molecular complexity index is 730. The molecule has 0 aliphatic rings. The third kappa shape index (κ3) is 3.48. The van der Waals surface area contributed by atoms with Crippen molar-refractivity contribution in [3.05, 3.63) is 66.1 Å². The highest BCUT2D eigenvalue weighted by molar-refractivity contribution is 7.89. The van der Waals surface area contributed by atoms with Gasteiger partial charge in [0.2, 0.25) is 10.0 Å². The van der Waals surface area contributed by atoms with E-state index in [9.17, 15) is 13.2 Å². The van der Waals surface area contributed by atoms with E-state index in [4.69, 9.17) is 4.42 Å². The van der Waals surface area contributed by atoms with Gasteiger partial charge < -0.3 is 4.42 Å². The lowest BCUT2D eigenvalue weighted by Crippen LogP contribution is -2.29. The van der Waals surface area contributed by atoms with Gasteiger partial charge in [-0.2, -0.15) is 4.72 Å². The fraction of sp³-hybridized carbons (Fsp3) is 0.133. The molecule has 0 spiro atoms. The van der Waals surface area contributed by atoms with Crippen LogP contribution in [0.1, 0.15) is 17.4 Å². The lowest BCUT2D eigenvalue weighted by atomic mass is 10.1. The summed E-state index contributed by atoms with van der Waals surface area (Å²) in [4.78, 5) is 11.0. The topological polar surface area (TPSA) is 76.4 Å². The summed E-state index contributed by atoms with van der Waals surface area (Å²) in [5, 5.41) is 0. The van der Waals surface area contributed by atoms with Gasteiger partial charge in [0.25, 0.3) is 0 Å². The third-order valence-corrected chi connectivity index (χ3v) is 4.39. The van der Waals surface area contributed by atoms with Crippen LogP contribution in [0.5, 0.6) is 0 Å². The minimum absolute atomic E-state index is 0.0700. The molecule has 0 amide bonds. The second-order valence-corrected chi connectivity index (χ2v) is 6.29. The Kier molecular flexibility index (Phi) is 4.40. The van der Waals surface area contributed by atoms with Crippen molar-refractivity contribution >= 4 is 16.3 Å². The zero-order valence-corrected chi connectivity index (χ0v) is 12.3. The zero-order valence-electron chi connectivity index (χ0n) is 11.4. The quantitative estimate of drug-likeness (QED) is 0.656. The average Bonchev–Trinajstić information content (AvgIpc) is 2.98. The molecule has 0 unspecified atom stereocenters. The highest BCUT2D eigenvalue weighted by Gasteiger charge is 2.25. The fourth-order valence-corrected chi connectivity index (χ4v) is 2.99. The highest BCUT2D eigenvalue weighted by Crippen LogP contribution is 2.23. The minimum Gasteiger partial charge on any atom is -0.467 e. The molecule has 0 bridgehead atoms. The van der Waals surface area contributed by atoms with Gasteiger partial charge in [-0.15, -0.1) is 0 Å². The summed E-state index contributed by atoms with van der Waals surface area (Å²) in [5.74, 6) is 0.308. The summed E-state index contributed by atoms with van der Waals surface area (Å²) in [6.45, 7) is 5.43. The van der Waals surface area contributed by atoms with Crippen LogP contribution in [0.25, 0.3) is 0 Å². The Balaban J connectivity index is 2.33. The zero-order chi connectivity index (χ0) is 15.5. The van der Waals surface area contributed by atoms with E-state index >= 15 is 0 Å². The first-order chi connectivity index (χ1) is 9.94. The third-order valence-electron chi connectivity index (χ3n) is 2.95. The summed E-state index contributed by atoms with van der Waals surface area (Å²) >= 11 is 0. The van der Waals surface area contributed by atoms with Gasteiger partial charge in [-0.25, -0.2) is 8.42 Å². The maximum Gasteiger partial charge on any atom is 0.241 e. The molecule has 0 aliphatic heterocycles. The summed E-state index contributed by atoms with van der Waals surface area (Å²) in [6, 6.07) is 8.66. The Labute approximate surface area is 123 Å². The van der Waals surface area contributed by atoms with Crippen LogP contribution in [0.15, 0.2) is 64.1 Å². The molecule has 1 aromatic carbocycles. The molecule has 0 fully saturated rings. The van der Waals surface area contributed by atoms with E-state index in [2.05, 4.69) is 11.3 Å². The Morgan fingerprint density at radius 3 is 2.48 bits per heavy atom. The first-order valence-electron chi connectivity index (χ1n) is 6.20. The Morgan fingerprint density at radius 2 is 1.95 bits per heavy atom. The monoisotopic (exact) mass is 305 g/mol. The summed E-state index contributed by atoms with van der Waals surface area (Å²) in [6.07, 6.45) is 1.91. The van der Waals surface area contributed by atoms with Crippen LogP contribution >= 0.6 is 0 Å². The predicted octanol–water partition coefficient (Wildman–Crippen LogP) is 2.36. The largest absolute Gasteiger partial charge is 0.467 e. The Morgan fingerprint density at radius 1 is 1.29 bits per heavy atom. The highest BCUT2D eigenvalue weighted by atomic mass is 32.2. The van der Waals surface area contributed by atoms with Crippen LogP contribution in [0, 0.1) is 6.92 Å². The van der Waals surface area contributed by atoms with Crippen LogP contribution in [0.2, 0.25) is 0 Å². The van der Waals surface area contributed by atoms with Crippen molar-refractivity contribution in [1.82, 2.24) is 4.72 Å². The maximum absolute atomic E-state index is 12.4. The summed E-state index contributed by atoms with van der Waals surface area (Å²) in [5.41, 5.74) is 1.02. The average molecular weight is 305 g/mol. The molecule has 2 aromatic rings. The van der Waals surface area contributed by atoms with E-state index in [1.165, 1.54) is 18.4 Å². The number of furan rings is 1. The second kappa shape index (κ2) is 6.07. The van der Waals surface area contributed by atoms with Gasteiger partial charge in [-0.05, 0) is 31.2 Å². The number of benzene rings is 1. The molecule has 21 heavy (non-hydrogen) atoms. The molecule has 0 aliphatic carbocycles. The second-order valence-electron chi connectivity index (χ2n) is 4.58. The molecule has 110 valence electrons. The van der Waals surface area contributed by atoms with Gasteiger partial charge in [-0.3, -0.25) is 4.79 Å². The van der Waals surface area contributed by atoms with E-state index in [1.807, 2.05) is 6.92 Å². The minimum atomic E-state index is -3.79. The van der Waals surface area contributed by atoms with Crippen molar-refractivity contribution in [2.45, 2.75) is 17.9 Å². The molecule has 0 saturated heterocycles. The molecule has 2 rings (SSSR count). The number of carbonyl (C=O) groups is 1. The maximum atomic E-state index is 12.4. The smallest absolute Gasteiger partial charge is 0.241 e. The first-order valence-corrected chi connectivity index (χ1v) is 7.69. The van der Waals surface area contributed by atoms with E-state index in [0.29, 0.717) is 12.0 Å². The standard InChI is InChI=1S/C15H15NO4S/c1-11-5-7-13(8-6-11)21(18,19)16-15(12(2)10-17)14-4-3-9-20-14/h3-10,15-16H,2H2,1H3/t15-/m0/s1. The van der Waals surface area contributed by atoms with Gasteiger partial charge in [0.1, 0.15) is 18.1 Å². The lowest BCUT2D eigenvalue weighted by Gasteiger charge is -2.16. The van der Waals surface area contributed by atoms with Crippen molar-refractivity contribution in [2.24, 2.45) is 0 Å². The SMILES string of the molecule is C=C(C=O)[C@H](NS(=O)(=O)c1ccc(C)cc1)c1ccco1. The number of hydrogen-bond acceptors (Lipinski definition) is 4. The number of carbonyl (C=O) groups excluding carboxylic acids is 1. The van der Waals surface area contributed by atoms with Gasteiger partial charge in [-0.1, -0.05) is 24.3 Å². The number of rotatable bonds is 6. The van der Waals surface area contributed by atoms with Crippen LogP contribution in [0.4, 0.5) is 0 Å². The van der Waals surface area contributed by atoms with E-state index in [1.54, 1.807) is 24.3 Å². The Hall–Kier alpha value is -2.18. The van der Waals surface area contributed by atoms with E-state index in [0.717, 1.165) is 5.56 Å². The molecular weight excluding hydrogens is 290 g/mol. The fourth-order valence-electron chi connectivity index (χ4n) is 1.78. The van der Waals surface area contributed by atoms with Gasteiger partial charge in [0.05, 0.1) is 11.2 Å². The lowest BCUT2D eigenvalue weighted by molar-refractivity contribution is -0.105. The first kappa shape index (κ1) is 15.2. The van der Waals surface area contributed by atoms with E-state index in [-0.39, 0.29) is 10.5 Å². The molecule has 1 N–H and O–H groups in total. The van der Waals surface area contributed by atoms with Crippen molar-refractivity contribution in [3.8, 4) is 0 Å². The van der Waals surface area contributed by atoms with Crippen LogP contribution < -0.4 is 4.72 Å². The van der Waals surface area contributed by atoms with Gasteiger partial charge in [0.15, 0.2) is 0 Å². The molecule has 0 radical (unpaired) electrons. The molecule has 6 heteroatoms. The molecule has 1 aromatic heterocycles. The molecule has 1 atom stereocenters. The number of aldehydes is 1. The van der Waals surface area contributed by atoms with Crippen molar-refractivity contribution < 1.29 is 17.6 Å².